The molecule has 0 aliphatic heterocycles. The summed E-state index contributed by atoms with van der Waals surface area (Å²) in [6.07, 6.45) is -4.48. The smallest absolute Gasteiger partial charge is 0.368 e. The van der Waals surface area contributed by atoms with Gasteiger partial charge in [0.05, 0.1) is 5.56 Å². The molecule has 8 heteroatoms. The van der Waals surface area contributed by atoms with E-state index in [1.165, 1.54) is 24.3 Å². The van der Waals surface area contributed by atoms with E-state index in [9.17, 15) is 27.2 Å². The number of benzene rings is 2. The number of nitrogens with one attached hydrogen (secondary N) is 1. The van der Waals surface area contributed by atoms with Crippen LogP contribution in [0.1, 0.15) is 21.5 Å². The minimum absolute atomic E-state index is 0.0298. The van der Waals surface area contributed by atoms with Crippen LogP contribution in [-0.2, 0) is 17.4 Å². The molecular weight excluding hydrogens is 340 g/mol. The highest BCUT2D eigenvalue weighted by molar-refractivity contribution is 5.97. The summed E-state index contributed by atoms with van der Waals surface area (Å²) in [4.78, 5) is 23.6. The normalized spacial score (nSPS) is 12.5. The Labute approximate surface area is 140 Å². The van der Waals surface area contributed by atoms with Crippen LogP contribution in [0.3, 0.4) is 0 Å². The van der Waals surface area contributed by atoms with Crippen molar-refractivity contribution in [3.05, 3.63) is 71.0 Å². The first-order chi connectivity index (χ1) is 11.7. The van der Waals surface area contributed by atoms with Crippen LogP contribution >= 0.6 is 0 Å². The molecule has 0 saturated heterocycles. The zero-order valence-corrected chi connectivity index (χ0v) is 12.8. The average Bonchev–Trinajstić information content (AvgIpc) is 2.55. The fourth-order valence-corrected chi connectivity index (χ4v) is 2.13. The number of carbonyl (C=O) groups is 2. The number of carbonyl (C=O) groups excluding carboxylic acids is 2. The molecule has 0 saturated carbocycles. The predicted octanol–water partition coefficient (Wildman–Crippen LogP) is 2.67. The molecule has 0 spiro atoms. The largest absolute Gasteiger partial charge is 0.416 e. The van der Waals surface area contributed by atoms with Crippen LogP contribution in [0.4, 0.5) is 17.6 Å². The molecule has 0 aromatic heterocycles. The zero-order valence-electron chi connectivity index (χ0n) is 12.8. The fourth-order valence-electron chi connectivity index (χ4n) is 2.13. The molecule has 2 aromatic rings. The van der Waals surface area contributed by atoms with Crippen LogP contribution in [0.15, 0.2) is 48.5 Å². The first-order valence-corrected chi connectivity index (χ1v) is 7.18. The number of hydrogen-bond donors (Lipinski definition) is 2. The average molecular weight is 354 g/mol. The van der Waals surface area contributed by atoms with Gasteiger partial charge in [-0.2, -0.15) is 13.2 Å². The molecule has 0 radical (unpaired) electrons. The maximum atomic E-state index is 12.9. The van der Waals surface area contributed by atoms with Crippen molar-refractivity contribution in [1.82, 2.24) is 5.32 Å². The molecular formula is C17H14F4N2O2. The second kappa shape index (κ2) is 7.33. The van der Waals surface area contributed by atoms with Gasteiger partial charge in [-0.05, 0) is 42.0 Å². The summed E-state index contributed by atoms with van der Waals surface area (Å²) in [7, 11) is 0. The van der Waals surface area contributed by atoms with Crippen molar-refractivity contribution in [1.29, 1.82) is 0 Å². The lowest BCUT2D eigenvalue weighted by molar-refractivity contribution is -0.137. The van der Waals surface area contributed by atoms with Gasteiger partial charge in [-0.3, -0.25) is 9.59 Å². The number of halogens is 4. The molecule has 4 nitrogen and oxygen atoms in total. The van der Waals surface area contributed by atoms with E-state index in [-0.39, 0.29) is 12.0 Å². The third-order valence-corrected chi connectivity index (χ3v) is 3.48. The van der Waals surface area contributed by atoms with Crippen LogP contribution in [-0.4, -0.2) is 17.9 Å². The van der Waals surface area contributed by atoms with E-state index in [4.69, 9.17) is 5.73 Å². The minimum atomic E-state index is -4.51. The van der Waals surface area contributed by atoms with Gasteiger partial charge in [-0.15, -0.1) is 0 Å². The molecule has 25 heavy (non-hydrogen) atoms. The minimum Gasteiger partial charge on any atom is -0.368 e. The number of primary amides is 1. The lowest BCUT2D eigenvalue weighted by atomic mass is 10.0. The summed E-state index contributed by atoms with van der Waals surface area (Å²) in [5.41, 5.74) is 4.88. The molecule has 0 bridgehead atoms. The van der Waals surface area contributed by atoms with Crippen molar-refractivity contribution in [3.63, 3.8) is 0 Å². The molecule has 0 fully saturated rings. The van der Waals surface area contributed by atoms with Gasteiger partial charge in [0.25, 0.3) is 5.91 Å². The number of alkyl halides is 3. The zero-order chi connectivity index (χ0) is 18.6. The Balaban J connectivity index is 2.09. The molecule has 2 amide bonds. The molecule has 0 unspecified atom stereocenters. The van der Waals surface area contributed by atoms with Crippen LogP contribution in [0.2, 0.25) is 0 Å². The van der Waals surface area contributed by atoms with Gasteiger partial charge >= 0.3 is 6.18 Å². The van der Waals surface area contributed by atoms with Crippen molar-refractivity contribution in [2.24, 2.45) is 5.73 Å². The van der Waals surface area contributed by atoms with Crippen LogP contribution in [0, 0.1) is 5.82 Å². The summed E-state index contributed by atoms with van der Waals surface area (Å²) in [5.74, 6) is -2.00. The highest BCUT2D eigenvalue weighted by Gasteiger charge is 2.30. The Kier molecular flexibility index (Phi) is 5.41. The van der Waals surface area contributed by atoms with Gasteiger partial charge in [0, 0.05) is 12.0 Å². The first-order valence-electron chi connectivity index (χ1n) is 7.18. The van der Waals surface area contributed by atoms with E-state index < -0.39 is 35.4 Å². The van der Waals surface area contributed by atoms with Gasteiger partial charge in [0.1, 0.15) is 11.9 Å². The van der Waals surface area contributed by atoms with Crippen LogP contribution in [0.5, 0.6) is 0 Å². The number of hydrogen-bond acceptors (Lipinski definition) is 2. The van der Waals surface area contributed by atoms with Crippen molar-refractivity contribution < 1.29 is 27.2 Å². The Bertz CT molecular complexity index is 756. The summed E-state index contributed by atoms with van der Waals surface area (Å²) in [6.45, 7) is 0. The van der Waals surface area contributed by atoms with E-state index in [1.807, 2.05) is 0 Å². The molecule has 0 heterocycles. The van der Waals surface area contributed by atoms with E-state index in [2.05, 4.69) is 5.32 Å². The Hall–Kier alpha value is -2.90. The molecule has 2 aromatic carbocycles. The Morgan fingerprint density at radius 2 is 1.56 bits per heavy atom. The topological polar surface area (TPSA) is 72.2 Å². The lowest BCUT2D eigenvalue weighted by Crippen LogP contribution is -2.45. The Morgan fingerprint density at radius 3 is 2.04 bits per heavy atom. The molecule has 0 aliphatic rings. The fraction of sp³-hybridized carbons (Fsp3) is 0.176. The quantitative estimate of drug-likeness (QED) is 0.811. The van der Waals surface area contributed by atoms with Gasteiger partial charge in [-0.1, -0.05) is 12.1 Å². The number of rotatable bonds is 5. The number of amides is 2. The maximum absolute atomic E-state index is 12.9. The number of nitrogens with two attached hydrogens (primary N) is 1. The van der Waals surface area contributed by atoms with Crippen LogP contribution in [0.25, 0.3) is 0 Å². The highest BCUT2D eigenvalue weighted by Crippen LogP contribution is 2.29. The summed E-state index contributed by atoms with van der Waals surface area (Å²) in [5, 5.41) is 2.37. The van der Waals surface area contributed by atoms with Crippen molar-refractivity contribution >= 4 is 11.8 Å². The second-order valence-corrected chi connectivity index (χ2v) is 5.33. The van der Waals surface area contributed by atoms with Crippen molar-refractivity contribution in [2.45, 2.75) is 18.6 Å². The lowest BCUT2D eigenvalue weighted by Gasteiger charge is -2.16. The summed E-state index contributed by atoms with van der Waals surface area (Å²) >= 11 is 0. The standard InChI is InChI=1S/C17H14F4N2O2/c18-13-7-1-10(2-8-13)9-14(15(22)24)23-16(25)11-3-5-12(6-4-11)17(19,20)21/h1-8,14H,9H2,(H2,22,24)(H,23,25)/t14-/m0/s1. The Morgan fingerprint density at radius 1 is 1.00 bits per heavy atom. The summed E-state index contributed by atoms with van der Waals surface area (Å²) in [6, 6.07) is 7.76. The van der Waals surface area contributed by atoms with Gasteiger partial charge in [-0.25, -0.2) is 4.39 Å². The summed E-state index contributed by atoms with van der Waals surface area (Å²) < 4.78 is 50.4. The van der Waals surface area contributed by atoms with Gasteiger partial charge < -0.3 is 11.1 Å². The van der Waals surface area contributed by atoms with Crippen LogP contribution < -0.4 is 11.1 Å². The maximum Gasteiger partial charge on any atom is 0.416 e. The van der Waals surface area contributed by atoms with E-state index >= 15 is 0 Å². The first kappa shape index (κ1) is 18.4. The molecule has 2 rings (SSSR count). The van der Waals surface area contributed by atoms with Gasteiger partial charge in [0.15, 0.2) is 0 Å². The molecule has 1 atom stereocenters. The van der Waals surface area contributed by atoms with Gasteiger partial charge in [0.2, 0.25) is 5.91 Å². The monoisotopic (exact) mass is 354 g/mol. The second-order valence-electron chi connectivity index (χ2n) is 5.33. The predicted molar refractivity (Wildman–Crippen MR) is 82.0 cm³/mol. The van der Waals surface area contributed by atoms with E-state index in [0.717, 1.165) is 24.3 Å². The molecule has 3 N–H and O–H groups in total. The van der Waals surface area contributed by atoms with E-state index in [0.29, 0.717) is 5.56 Å². The SMILES string of the molecule is NC(=O)[C@H](Cc1ccc(F)cc1)NC(=O)c1ccc(C(F)(F)F)cc1. The molecule has 132 valence electrons. The van der Waals surface area contributed by atoms with Crippen molar-refractivity contribution in [3.8, 4) is 0 Å². The van der Waals surface area contributed by atoms with Crippen molar-refractivity contribution in [2.75, 3.05) is 0 Å². The highest BCUT2D eigenvalue weighted by atomic mass is 19.4. The van der Waals surface area contributed by atoms with E-state index in [1.54, 1.807) is 0 Å². The molecule has 0 aliphatic carbocycles. The third kappa shape index (κ3) is 5.03. The third-order valence-electron chi connectivity index (χ3n) is 3.48.